The van der Waals surface area contributed by atoms with Crippen LogP contribution in [0.1, 0.15) is 6.42 Å². The molecule has 2 amide bonds. The summed E-state index contributed by atoms with van der Waals surface area (Å²) in [7, 11) is 0. The fraction of sp³-hybridized carbons (Fsp3) is 0.182. The Morgan fingerprint density at radius 1 is 1.15 bits per heavy atom. The zero-order chi connectivity index (χ0) is 15.3. The molecule has 0 saturated heterocycles. The maximum atomic E-state index is 13.2. The Bertz CT molecular complexity index is 529. The molecule has 108 valence electrons. The van der Waals surface area contributed by atoms with Gasteiger partial charge < -0.3 is 20.8 Å². The highest BCUT2D eigenvalue weighted by atomic mass is 19.1. The smallest absolute Gasteiger partial charge is 0.326 e. The monoisotopic (exact) mass is 288 g/mol. The van der Waals surface area contributed by atoms with Crippen LogP contribution in [0.5, 0.6) is 0 Å². The summed E-state index contributed by atoms with van der Waals surface area (Å²) in [5.41, 5.74) is -0.760. The molecular weight excluding hydrogens is 278 g/mol. The average molecular weight is 288 g/mol. The number of hydrogen-bond acceptors (Lipinski definition) is 3. The normalized spacial score (nSPS) is 11.5. The summed E-state index contributed by atoms with van der Waals surface area (Å²) in [6.07, 6.45) is -0.873. The second-order valence-electron chi connectivity index (χ2n) is 3.68. The first kappa shape index (κ1) is 15.3. The van der Waals surface area contributed by atoms with Gasteiger partial charge in [0.25, 0.3) is 0 Å². The molecule has 0 aliphatic rings. The van der Waals surface area contributed by atoms with Gasteiger partial charge in [-0.2, -0.15) is 0 Å². The van der Waals surface area contributed by atoms with E-state index in [1.807, 2.05) is 0 Å². The second kappa shape index (κ2) is 6.45. The third kappa shape index (κ3) is 4.19. The van der Waals surface area contributed by atoms with Crippen LogP contribution < -0.4 is 10.6 Å². The highest BCUT2D eigenvalue weighted by Gasteiger charge is 2.23. The second-order valence-corrected chi connectivity index (χ2v) is 3.68. The number of hydrogen-bond donors (Lipinski definition) is 4. The van der Waals surface area contributed by atoms with Crippen molar-refractivity contribution in [2.75, 3.05) is 5.32 Å². The molecular formula is C11H10F2N2O5. The first-order valence-electron chi connectivity index (χ1n) is 5.27. The Kier molecular flexibility index (Phi) is 4.95. The van der Waals surface area contributed by atoms with Crippen LogP contribution in [-0.2, 0) is 9.59 Å². The van der Waals surface area contributed by atoms with Crippen molar-refractivity contribution < 1.29 is 33.4 Å². The van der Waals surface area contributed by atoms with Crippen molar-refractivity contribution in [3.05, 3.63) is 29.8 Å². The van der Waals surface area contributed by atoms with Gasteiger partial charge >= 0.3 is 18.0 Å². The van der Waals surface area contributed by atoms with Crippen molar-refractivity contribution >= 4 is 23.7 Å². The minimum atomic E-state index is -1.72. The predicted molar refractivity (Wildman–Crippen MR) is 62.2 cm³/mol. The van der Waals surface area contributed by atoms with E-state index in [2.05, 4.69) is 0 Å². The van der Waals surface area contributed by atoms with E-state index in [9.17, 15) is 23.2 Å². The Labute approximate surface area is 111 Å². The number of aliphatic carboxylic acids is 2. The van der Waals surface area contributed by atoms with Gasteiger partial charge in [0, 0.05) is 0 Å². The number of urea groups is 1. The van der Waals surface area contributed by atoms with E-state index in [1.54, 1.807) is 10.6 Å². The molecule has 0 aromatic heterocycles. The fourth-order valence-electron chi connectivity index (χ4n) is 1.30. The van der Waals surface area contributed by atoms with Gasteiger partial charge in [-0.15, -0.1) is 0 Å². The number of halogens is 2. The maximum absolute atomic E-state index is 13.2. The molecule has 1 aromatic carbocycles. The largest absolute Gasteiger partial charge is 0.481 e. The molecule has 0 aliphatic carbocycles. The van der Waals surface area contributed by atoms with Crippen LogP contribution in [0.3, 0.4) is 0 Å². The molecule has 1 aromatic rings. The number of benzene rings is 1. The highest BCUT2D eigenvalue weighted by Crippen LogP contribution is 2.17. The number of anilines is 1. The first-order valence-corrected chi connectivity index (χ1v) is 5.27. The van der Waals surface area contributed by atoms with Crippen molar-refractivity contribution in [2.45, 2.75) is 12.5 Å². The van der Waals surface area contributed by atoms with Crippen LogP contribution in [0, 0.1) is 11.6 Å². The van der Waals surface area contributed by atoms with Crippen molar-refractivity contribution in [1.29, 1.82) is 0 Å². The average Bonchev–Trinajstić information content (AvgIpc) is 2.32. The van der Waals surface area contributed by atoms with Gasteiger partial charge in [0.05, 0.1) is 6.42 Å². The summed E-state index contributed by atoms with van der Waals surface area (Å²) in [6, 6.07) is -0.0852. The van der Waals surface area contributed by atoms with Crippen molar-refractivity contribution in [1.82, 2.24) is 5.32 Å². The number of carbonyl (C=O) groups is 3. The maximum Gasteiger partial charge on any atom is 0.326 e. The lowest BCUT2D eigenvalue weighted by molar-refractivity contribution is -0.145. The van der Waals surface area contributed by atoms with E-state index < -0.39 is 47.8 Å². The van der Waals surface area contributed by atoms with Crippen LogP contribution in [0.15, 0.2) is 18.2 Å². The molecule has 0 unspecified atom stereocenters. The molecule has 7 nitrogen and oxygen atoms in total. The van der Waals surface area contributed by atoms with E-state index in [0.717, 1.165) is 18.2 Å². The molecule has 0 bridgehead atoms. The van der Waals surface area contributed by atoms with Gasteiger partial charge in [-0.25, -0.2) is 18.4 Å². The van der Waals surface area contributed by atoms with E-state index in [1.165, 1.54) is 0 Å². The van der Waals surface area contributed by atoms with Crippen LogP contribution in [0.4, 0.5) is 19.3 Å². The van der Waals surface area contributed by atoms with Crippen LogP contribution in [-0.4, -0.2) is 34.2 Å². The number of carboxylic acid groups (broad SMARTS) is 2. The molecule has 0 fully saturated rings. The van der Waals surface area contributed by atoms with Crippen LogP contribution in [0.25, 0.3) is 0 Å². The summed E-state index contributed by atoms with van der Waals surface area (Å²) in [5, 5.41) is 20.7. The third-order valence-corrected chi connectivity index (χ3v) is 2.18. The summed E-state index contributed by atoms with van der Waals surface area (Å²) < 4.78 is 26.4. The van der Waals surface area contributed by atoms with E-state index in [4.69, 9.17) is 10.2 Å². The SMILES string of the molecule is O=C(O)C[C@H](NC(=O)Nc1c(F)cccc1F)C(=O)O. The molecule has 1 atom stereocenters. The molecule has 0 heterocycles. The van der Waals surface area contributed by atoms with E-state index in [-0.39, 0.29) is 0 Å². The number of para-hydroxylation sites is 1. The summed E-state index contributed by atoms with van der Waals surface area (Å²) >= 11 is 0. The molecule has 0 aliphatic heterocycles. The van der Waals surface area contributed by atoms with Gasteiger partial charge in [0.1, 0.15) is 23.4 Å². The van der Waals surface area contributed by atoms with Crippen LogP contribution in [0.2, 0.25) is 0 Å². The minimum absolute atomic E-state index is 0.760. The first-order chi connectivity index (χ1) is 9.31. The molecule has 0 spiro atoms. The zero-order valence-corrected chi connectivity index (χ0v) is 9.89. The molecule has 1 rings (SSSR count). The number of amides is 2. The highest BCUT2D eigenvalue weighted by molar-refractivity contribution is 5.93. The molecule has 20 heavy (non-hydrogen) atoms. The Balaban J connectivity index is 2.76. The van der Waals surface area contributed by atoms with Crippen LogP contribution >= 0.6 is 0 Å². The van der Waals surface area contributed by atoms with Gasteiger partial charge in [-0.3, -0.25) is 4.79 Å². The van der Waals surface area contributed by atoms with Crippen molar-refractivity contribution in [3.8, 4) is 0 Å². The van der Waals surface area contributed by atoms with Crippen molar-refractivity contribution in [3.63, 3.8) is 0 Å². The lowest BCUT2D eigenvalue weighted by atomic mass is 10.2. The summed E-state index contributed by atoms with van der Waals surface area (Å²) in [6.45, 7) is 0. The van der Waals surface area contributed by atoms with Crippen molar-refractivity contribution in [2.24, 2.45) is 0 Å². The number of carboxylic acids is 2. The van der Waals surface area contributed by atoms with E-state index in [0.29, 0.717) is 0 Å². The van der Waals surface area contributed by atoms with Gasteiger partial charge in [0.2, 0.25) is 0 Å². The summed E-state index contributed by atoms with van der Waals surface area (Å²) in [4.78, 5) is 32.5. The number of nitrogens with one attached hydrogen (secondary N) is 2. The quantitative estimate of drug-likeness (QED) is 0.645. The van der Waals surface area contributed by atoms with Gasteiger partial charge in [0.15, 0.2) is 0 Å². The number of carbonyl (C=O) groups excluding carboxylic acids is 1. The zero-order valence-electron chi connectivity index (χ0n) is 9.89. The predicted octanol–water partition coefficient (Wildman–Crippen LogP) is 1.01. The molecule has 4 N–H and O–H groups in total. The standard InChI is InChI=1S/C11H10F2N2O5/c12-5-2-1-3-6(13)9(5)15-11(20)14-7(10(18)19)4-8(16)17/h1-3,7H,4H2,(H,16,17)(H,18,19)(H2,14,15,20)/t7-/m0/s1. The lowest BCUT2D eigenvalue weighted by Crippen LogP contribution is -2.44. The number of rotatable bonds is 5. The van der Waals surface area contributed by atoms with Gasteiger partial charge in [-0.1, -0.05) is 6.07 Å². The fourth-order valence-corrected chi connectivity index (χ4v) is 1.30. The van der Waals surface area contributed by atoms with Gasteiger partial charge in [-0.05, 0) is 12.1 Å². The molecule has 0 saturated carbocycles. The minimum Gasteiger partial charge on any atom is -0.481 e. The summed E-state index contributed by atoms with van der Waals surface area (Å²) in [5.74, 6) is -5.14. The van der Waals surface area contributed by atoms with E-state index >= 15 is 0 Å². The Morgan fingerprint density at radius 2 is 1.70 bits per heavy atom. The molecule has 9 heteroatoms. The Morgan fingerprint density at radius 3 is 2.15 bits per heavy atom. The Hall–Kier alpha value is -2.71. The molecule has 0 radical (unpaired) electrons. The lowest BCUT2D eigenvalue weighted by Gasteiger charge is -2.13. The third-order valence-electron chi connectivity index (χ3n) is 2.18. The topological polar surface area (TPSA) is 116 Å².